The van der Waals surface area contributed by atoms with Gasteiger partial charge in [-0.1, -0.05) is 30.3 Å². The smallest absolute Gasteiger partial charge is 0.270 e. The Morgan fingerprint density at radius 1 is 1.07 bits per heavy atom. The number of rotatable bonds is 6. The molecule has 2 aromatic carbocycles. The summed E-state index contributed by atoms with van der Waals surface area (Å²) in [5.41, 5.74) is 3.37. The molecule has 28 heavy (non-hydrogen) atoms. The second-order valence-corrected chi connectivity index (χ2v) is 6.49. The normalized spacial score (nSPS) is 10.8. The molecule has 6 nitrogen and oxygen atoms in total. The van der Waals surface area contributed by atoms with Crippen LogP contribution in [0.2, 0.25) is 0 Å². The van der Waals surface area contributed by atoms with Crippen LogP contribution in [0, 0.1) is 0 Å². The molecule has 2 heterocycles. The average molecular weight is 372 g/mol. The number of fused-ring (bicyclic) bond motifs is 1. The summed E-state index contributed by atoms with van der Waals surface area (Å²) in [4.78, 5) is 20.9. The van der Waals surface area contributed by atoms with E-state index in [-0.39, 0.29) is 5.91 Å². The molecule has 4 aromatic rings. The van der Waals surface area contributed by atoms with Gasteiger partial charge in [0.05, 0.1) is 19.0 Å². The van der Waals surface area contributed by atoms with Crippen molar-refractivity contribution in [3.05, 3.63) is 90.1 Å². The number of carbonyl (C=O) groups excluding carboxylic acids is 1. The molecule has 4 rings (SSSR count). The molecule has 0 unspecified atom stereocenters. The Bertz CT molecular complexity index is 1090. The van der Waals surface area contributed by atoms with Gasteiger partial charge in [0, 0.05) is 30.9 Å². The third-order valence-corrected chi connectivity index (χ3v) is 4.53. The number of methoxy groups -OCH3 is 1. The monoisotopic (exact) mass is 372 g/mol. The summed E-state index contributed by atoms with van der Waals surface area (Å²) in [5.74, 6) is 0.572. The zero-order valence-corrected chi connectivity index (χ0v) is 15.5. The Morgan fingerprint density at radius 3 is 2.64 bits per heavy atom. The molecule has 0 saturated carbocycles. The van der Waals surface area contributed by atoms with Gasteiger partial charge >= 0.3 is 0 Å². The van der Waals surface area contributed by atoms with Crippen molar-refractivity contribution in [1.29, 1.82) is 0 Å². The van der Waals surface area contributed by atoms with Gasteiger partial charge in [0.25, 0.3) is 5.91 Å². The summed E-state index contributed by atoms with van der Waals surface area (Å²) in [6.07, 6.45) is 5.49. The lowest BCUT2D eigenvalue weighted by atomic mass is 10.1. The van der Waals surface area contributed by atoms with Crippen LogP contribution in [0.1, 0.15) is 21.6 Å². The predicted octanol–water partition coefficient (Wildman–Crippen LogP) is 3.42. The SMILES string of the molecule is COc1ccc2nc(C(=O)NCc3ccc(Cn4ccnc4)cc3)ccc2c1. The summed E-state index contributed by atoms with van der Waals surface area (Å²) in [6, 6.07) is 17.4. The van der Waals surface area contributed by atoms with Gasteiger partial charge in [-0.05, 0) is 35.4 Å². The molecule has 0 fully saturated rings. The van der Waals surface area contributed by atoms with Gasteiger partial charge in [0.1, 0.15) is 11.4 Å². The molecule has 0 atom stereocenters. The molecule has 0 saturated heterocycles. The molecule has 140 valence electrons. The number of aromatic nitrogens is 3. The summed E-state index contributed by atoms with van der Waals surface area (Å²) in [5, 5.41) is 3.86. The minimum absolute atomic E-state index is 0.194. The number of nitrogens with one attached hydrogen (secondary N) is 1. The first kappa shape index (κ1) is 17.7. The van der Waals surface area contributed by atoms with Crippen LogP contribution in [-0.4, -0.2) is 27.6 Å². The van der Waals surface area contributed by atoms with Crippen molar-refractivity contribution in [3.63, 3.8) is 0 Å². The van der Waals surface area contributed by atoms with E-state index >= 15 is 0 Å². The number of nitrogens with zero attached hydrogens (tertiary/aromatic N) is 3. The van der Waals surface area contributed by atoms with E-state index in [1.54, 1.807) is 25.7 Å². The maximum absolute atomic E-state index is 12.5. The van der Waals surface area contributed by atoms with Crippen molar-refractivity contribution in [2.24, 2.45) is 0 Å². The highest BCUT2D eigenvalue weighted by Gasteiger charge is 2.08. The Kier molecular flexibility index (Phi) is 5.01. The van der Waals surface area contributed by atoms with Crippen LogP contribution in [0.5, 0.6) is 5.75 Å². The molecular weight excluding hydrogens is 352 g/mol. The van der Waals surface area contributed by atoms with Gasteiger partial charge in [0.2, 0.25) is 0 Å². The van der Waals surface area contributed by atoms with E-state index in [4.69, 9.17) is 4.74 Å². The molecule has 0 radical (unpaired) electrons. The van der Waals surface area contributed by atoms with Crippen molar-refractivity contribution >= 4 is 16.8 Å². The second kappa shape index (κ2) is 7.92. The van der Waals surface area contributed by atoms with Crippen LogP contribution >= 0.6 is 0 Å². The van der Waals surface area contributed by atoms with Gasteiger partial charge < -0.3 is 14.6 Å². The summed E-state index contributed by atoms with van der Waals surface area (Å²) in [7, 11) is 1.63. The molecule has 0 aliphatic heterocycles. The van der Waals surface area contributed by atoms with E-state index in [0.29, 0.717) is 12.2 Å². The number of carbonyl (C=O) groups is 1. The zero-order chi connectivity index (χ0) is 19.3. The summed E-state index contributed by atoms with van der Waals surface area (Å²) < 4.78 is 7.23. The van der Waals surface area contributed by atoms with Gasteiger partial charge in [-0.15, -0.1) is 0 Å². The molecule has 6 heteroatoms. The van der Waals surface area contributed by atoms with Gasteiger partial charge in [-0.25, -0.2) is 9.97 Å². The Balaban J connectivity index is 1.39. The fourth-order valence-corrected chi connectivity index (χ4v) is 2.98. The van der Waals surface area contributed by atoms with Crippen LogP contribution < -0.4 is 10.1 Å². The molecule has 1 N–H and O–H groups in total. The van der Waals surface area contributed by atoms with Gasteiger partial charge in [0.15, 0.2) is 0 Å². The number of ether oxygens (including phenoxy) is 1. The molecule has 0 spiro atoms. The average Bonchev–Trinajstić information content (AvgIpc) is 3.25. The van der Waals surface area contributed by atoms with E-state index in [2.05, 4.69) is 27.4 Å². The minimum Gasteiger partial charge on any atom is -0.497 e. The number of benzene rings is 2. The molecule has 0 aliphatic rings. The van der Waals surface area contributed by atoms with Crippen LogP contribution in [0.4, 0.5) is 0 Å². The van der Waals surface area contributed by atoms with Crippen LogP contribution in [0.15, 0.2) is 73.3 Å². The van der Waals surface area contributed by atoms with Crippen LogP contribution in [-0.2, 0) is 13.1 Å². The fourth-order valence-electron chi connectivity index (χ4n) is 2.98. The van der Waals surface area contributed by atoms with Crippen molar-refractivity contribution in [2.45, 2.75) is 13.1 Å². The van der Waals surface area contributed by atoms with Crippen molar-refractivity contribution in [1.82, 2.24) is 19.9 Å². The second-order valence-electron chi connectivity index (χ2n) is 6.49. The molecule has 0 aliphatic carbocycles. The van der Waals surface area contributed by atoms with E-state index in [0.717, 1.165) is 28.8 Å². The lowest BCUT2D eigenvalue weighted by molar-refractivity contribution is 0.0946. The highest BCUT2D eigenvalue weighted by atomic mass is 16.5. The highest BCUT2D eigenvalue weighted by molar-refractivity contribution is 5.95. The first-order valence-electron chi connectivity index (χ1n) is 8.98. The fraction of sp³-hybridized carbons (Fsp3) is 0.136. The number of hydrogen-bond acceptors (Lipinski definition) is 4. The Hall–Kier alpha value is -3.67. The lowest BCUT2D eigenvalue weighted by Crippen LogP contribution is -2.23. The predicted molar refractivity (Wildman–Crippen MR) is 107 cm³/mol. The van der Waals surface area contributed by atoms with E-state index < -0.39 is 0 Å². The minimum atomic E-state index is -0.194. The van der Waals surface area contributed by atoms with Gasteiger partial charge in [-0.2, -0.15) is 0 Å². The first-order chi connectivity index (χ1) is 13.7. The lowest BCUT2D eigenvalue weighted by Gasteiger charge is -2.08. The largest absolute Gasteiger partial charge is 0.497 e. The van der Waals surface area contributed by atoms with Crippen LogP contribution in [0.3, 0.4) is 0 Å². The van der Waals surface area contributed by atoms with Crippen LogP contribution in [0.25, 0.3) is 10.9 Å². The Labute approximate surface area is 162 Å². The van der Waals surface area contributed by atoms with Gasteiger partial charge in [-0.3, -0.25) is 4.79 Å². The zero-order valence-electron chi connectivity index (χ0n) is 15.5. The van der Waals surface area contributed by atoms with Crippen molar-refractivity contribution < 1.29 is 9.53 Å². The van der Waals surface area contributed by atoms with E-state index in [9.17, 15) is 4.79 Å². The molecule has 2 aromatic heterocycles. The maximum Gasteiger partial charge on any atom is 0.270 e. The number of pyridine rings is 1. The standard InChI is InChI=1S/C22H20N4O2/c1-28-19-7-9-20-18(12-19)6-8-21(25-20)22(27)24-13-16-2-4-17(5-3-16)14-26-11-10-23-15-26/h2-12,15H,13-14H2,1H3,(H,24,27). The van der Waals surface area contributed by atoms with E-state index in [1.165, 1.54) is 5.56 Å². The van der Waals surface area contributed by atoms with Crippen molar-refractivity contribution in [3.8, 4) is 5.75 Å². The third kappa shape index (κ3) is 4.01. The number of amides is 1. The highest BCUT2D eigenvalue weighted by Crippen LogP contribution is 2.19. The number of imidazole rings is 1. The van der Waals surface area contributed by atoms with E-state index in [1.807, 2.05) is 47.2 Å². The summed E-state index contributed by atoms with van der Waals surface area (Å²) in [6.45, 7) is 1.23. The Morgan fingerprint density at radius 2 is 1.89 bits per heavy atom. The first-order valence-corrected chi connectivity index (χ1v) is 8.98. The molecule has 1 amide bonds. The maximum atomic E-state index is 12.5. The third-order valence-electron chi connectivity index (χ3n) is 4.53. The molecular formula is C22H20N4O2. The molecule has 0 bridgehead atoms. The van der Waals surface area contributed by atoms with Crippen molar-refractivity contribution in [2.75, 3.05) is 7.11 Å². The quantitative estimate of drug-likeness (QED) is 0.563. The topological polar surface area (TPSA) is 69.0 Å². The summed E-state index contributed by atoms with van der Waals surface area (Å²) >= 11 is 0. The number of hydrogen-bond donors (Lipinski definition) is 1.